The Labute approximate surface area is 244 Å². The van der Waals surface area contributed by atoms with Crippen LogP contribution in [0.2, 0.25) is 0 Å². The van der Waals surface area contributed by atoms with Crippen LogP contribution in [0.25, 0.3) is 43.9 Å². The predicted octanol–water partition coefficient (Wildman–Crippen LogP) is 7.05. The van der Waals surface area contributed by atoms with Gasteiger partial charge in [-0.25, -0.2) is 14.8 Å². The van der Waals surface area contributed by atoms with Crippen LogP contribution >= 0.6 is 0 Å². The van der Waals surface area contributed by atoms with Gasteiger partial charge >= 0.3 is 5.97 Å². The van der Waals surface area contributed by atoms with E-state index in [-0.39, 0.29) is 0 Å². The Morgan fingerprint density at radius 2 is 1.76 bits per heavy atom. The molecule has 1 atom stereocenters. The van der Waals surface area contributed by atoms with E-state index in [0.29, 0.717) is 18.1 Å². The molecule has 3 aromatic carbocycles. The fourth-order valence-corrected chi connectivity index (χ4v) is 6.00. The summed E-state index contributed by atoms with van der Waals surface area (Å²) in [7, 11) is 1.79. The first-order valence-electron chi connectivity index (χ1n) is 14.1. The zero-order chi connectivity index (χ0) is 29.8. The van der Waals surface area contributed by atoms with E-state index in [9.17, 15) is 9.90 Å². The number of anilines is 1. The van der Waals surface area contributed by atoms with E-state index >= 15 is 0 Å². The number of carboxylic acid groups (broad SMARTS) is 1. The largest absolute Gasteiger partial charge is 0.493 e. The molecule has 6 rings (SSSR count). The summed E-state index contributed by atoms with van der Waals surface area (Å²) in [4.78, 5) is 26.5. The molecule has 0 bridgehead atoms. The van der Waals surface area contributed by atoms with Crippen molar-refractivity contribution in [2.45, 2.75) is 52.7 Å². The van der Waals surface area contributed by atoms with Crippen LogP contribution in [0, 0.1) is 13.8 Å². The van der Waals surface area contributed by atoms with E-state index in [4.69, 9.17) is 14.5 Å². The number of pyridine rings is 1. The zero-order valence-electron chi connectivity index (χ0n) is 24.7. The minimum absolute atomic E-state index is 0.554. The minimum atomic E-state index is -1.19. The second-order valence-electron chi connectivity index (χ2n) is 11.7. The van der Waals surface area contributed by atoms with Crippen LogP contribution in [-0.2, 0) is 16.0 Å². The molecular weight excluding hydrogens is 528 g/mol. The minimum Gasteiger partial charge on any atom is -0.493 e. The SMILES string of the molecule is CNc1ncc(-c2ccc3c(-c4ccc5c6c(ccnc46)CCO5)c([C@H](OC(C)(C)C)C(=O)O)c(C)cc3c2C)cn1. The molecule has 0 saturated carbocycles. The van der Waals surface area contributed by atoms with E-state index in [1.807, 2.05) is 64.5 Å². The standard InChI is InChI=1S/C34H34N4O4/c1-18-15-25-19(2)22(21-16-37-33(35-6)38-17-21)7-8-23(25)29(27(18)31(32(39)40)42-34(3,4)5)24-9-10-26-28-20(12-14-41-26)11-13-36-30(24)28/h7-11,13,15-17,31H,12,14H2,1-6H3,(H,39,40)(H,35,37,38)/t31-/m0/s1. The molecule has 0 radical (unpaired) electrons. The Kier molecular flexibility index (Phi) is 6.81. The molecule has 0 spiro atoms. The highest BCUT2D eigenvalue weighted by Gasteiger charge is 2.33. The van der Waals surface area contributed by atoms with Gasteiger partial charge in [0.25, 0.3) is 0 Å². The lowest BCUT2D eigenvalue weighted by Crippen LogP contribution is -2.28. The lowest BCUT2D eigenvalue weighted by Gasteiger charge is -2.29. The highest BCUT2D eigenvalue weighted by molar-refractivity contribution is 6.10. The van der Waals surface area contributed by atoms with E-state index in [0.717, 1.165) is 67.2 Å². The Morgan fingerprint density at radius 3 is 2.45 bits per heavy atom. The third-order valence-electron chi connectivity index (χ3n) is 7.82. The summed E-state index contributed by atoms with van der Waals surface area (Å²) in [5.74, 6) is 0.312. The number of benzene rings is 3. The quantitative estimate of drug-likeness (QED) is 0.227. The highest BCUT2D eigenvalue weighted by Crippen LogP contribution is 2.46. The number of aromatic nitrogens is 3. The number of nitrogens with one attached hydrogen (secondary N) is 1. The van der Waals surface area contributed by atoms with Gasteiger partial charge in [-0.05, 0) is 91.4 Å². The third kappa shape index (κ3) is 4.71. The maximum atomic E-state index is 12.9. The normalized spacial score (nSPS) is 13.7. The number of carboxylic acids is 1. The molecule has 0 amide bonds. The molecule has 5 aromatic rings. The molecule has 2 N–H and O–H groups in total. The molecule has 1 aliphatic rings. The molecule has 8 heteroatoms. The fourth-order valence-electron chi connectivity index (χ4n) is 6.00. The second kappa shape index (κ2) is 10.4. The first kappa shape index (κ1) is 27.6. The van der Waals surface area contributed by atoms with Gasteiger partial charge in [0.1, 0.15) is 5.75 Å². The van der Waals surface area contributed by atoms with Crippen LogP contribution in [0.5, 0.6) is 5.75 Å². The number of aryl methyl sites for hydroxylation is 2. The molecule has 214 valence electrons. The number of carbonyl (C=O) groups is 1. The van der Waals surface area contributed by atoms with E-state index in [1.54, 1.807) is 7.05 Å². The smallest absolute Gasteiger partial charge is 0.337 e. The Hall–Kier alpha value is -4.56. The highest BCUT2D eigenvalue weighted by atomic mass is 16.5. The van der Waals surface area contributed by atoms with Crippen LogP contribution in [0.3, 0.4) is 0 Å². The number of hydrogen-bond acceptors (Lipinski definition) is 7. The van der Waals surface area contributed by atoms with Crippen molar-refractivity contribution in [2.24, 2.45) is 0 Å². The molecule has 8 nitrogen and oxygen atoms in total. The van der Waals surface area contributed by atoms with Crippen molar-refractivity contribution in [3.63, 3.8) is 0 Å². The molecule has 0 aliphatic carbocycles. The van der Waals surface area contributed by atoms with E-state index in [1.165, 1.54) is 5.56 Å². The van der Waals surface area contributed by atoms with Crippen molar-refractivity contribution in [3.8, 4) is 28.0 Å². The monoisotopic (exact) mass is 562 g/mol. The van der Waals surface area contributed by atoms with Crippen molar-refractivity contribution in [1.29, 1.82) is 0 Å². The molecular formula is C34H34N4O4. The van der Waals surface area contributed by atoms with Crippen LogP contribution in [0.1, 0.15) is 49.1 Å². The summed E-state index contributed by atoms with van der Waals surface area (Å²) in [6, 6.07) is 12.2. The van der Waals surface area contributed by atoms with Crippen LogP contribution in [-0.4, -0.2) is 45.3 Å². The molecule has 1 aliphatic heterocycles. The molecule has 3 heterocycles. The van der Waals surface area contributed by atoms with Gasteiger partial charge in [0.15, 0.2) is 6.10 Å². The zero-order valence-corrected chi connectivity index (χ0v) is 24.7. The van der Waals surface area contributed by atoms with Crippen molar-refractivity contribution >= 4 is 33.6 Å². The van der Waals surface area contributed by atoms with E-state index in [2.05, 4.69) is 40.4 Å². The lowest BCUT2D eigenvalue weighted by atomic mass is 9.83. The van der Waals surface area contributed by atoms with Crippen LogP contribution in [0.4, 0.5) is 5.95 Å². The summed E-state index contributed by atoms with van der Waals surface area (Å²) in [5.41, 5.74) is 7.33. The van der Waals surface area contributed by atoms with Gasteiger partial charge in [-0.15, -0.1) is 0 Å². The average Bonchev–Trinajstić information content (AvgIpc) is 2.96. The third-order valence-corrected chi connectivity index (χ3v) is 7.82. The Balaban J connectivity index is 1.70. The summed E-state index contributed by atoms with van der Waals surface area (Å²) in [6.45, 7) is 10.3. The fraction of sp³-hybridized carbons (Fsp3) is 0.294. The summed E-state index contributed by atoms with van der Waals surface area (Å²) in [5, 5.41) is 16.4. The second-order valence-corrected chi connectivity index (χ2v) is 11.7. The van der Waals surface area contributed by atoms with Gasteiger partial charge in [0.2, 0.25) is 5.95 Å². The average molecular weight is 563 g/mol. The maximum Gasteiger partial charge on any atom is 0.337 e. The first-order valence-corrected chi connectivity index (χ1v) is 14.1. The van der Waals surface area contributed by atoms with Crippen molar-refractivity contribution < 1.29 is 19.4 Å². The lowest BCUT2D eigenvalue weighted by molar-refractivity contribution is -0.160. The molecule has 2 aromatic heterocycles. The van der Waals surface area contributed by atoms with Gasteiger partial charge in [-0.3, -0.25) is 4.98 Å². The number of hydrogen-bond donors (Lipinski definition) is 2. The maximum absolute atomic E-state index is 12.9. The molecule has 0 unspecified atom stereocenters. The number of aliphatic carboxylic acids is 1. The summed E-state index contributed by atoms with van der Waals surface area (Å²) >= 11 is 0. The molecule has 0 fully saturated rings. The molecule has 0 saturated heterocycles. The van der Waals surface area contributed by atoms with Crippen molar-refractivity contribution in [3.05, 3.63) is 77.2 Å². The topological polar surface area (TPSA) is 106 Å². The predicted molar refractivity (Wildman–Crippen MR) is 165 cm³/mol. The van der Waals surface area contributed by atoms with Crippen LogP contribution < -0.4 is 10.1 Å². The van der Waals surface area contributed by atoms with Gasteiger partial charge in [0.05, 0.1) is 17.7 Å². The Bertz CT molecular complexity index is 1850. The summed E-state index contributed by atoms with van der Waals surface area (Å²) < 4.78 is 12.3. The van der Waals surface area contributed by atoms with Gasteiger partial charge in [-0.1, -0.05) is 18.2 Å². The number of rotatable bonds is 6. The van der Waals surface area contributed by atoms with Gasteiger partial charge in [-0.2, -0.15) is 0 Å². The summed E-state index contributed by atoms with van der Waals surface area (Å²) in [6.07, 6.45) is 5.05. The van der Waals surface area contributed by atoms with E-state index < -0.39 is 17.7 Å². The Morgan fingerprint density at radius 1 is 1.02 bits per heavy atom. The van der Waals surface area contributed by atoms with Crippen LogP contribution in [0.15, 0.2) is 55.0 Å². The molecule has 42 heavy (non-hydrogen) atoms. The van der Waals surface area contributed by atoms with Gasteiger partial charge < -0.3 is 19.9 Å². The van der Waals surface area contributed by atoms with Crippen molar-refractivity contribution in [2.75, 3.05) is 19.0 Å². The number of nitrogens with zero attached hydrogens (tertiary/aromatic N) is 3. The first-order chi connectivity index (χ1) is 20.1. The number of ether oxygens (including phenoxy) is 2. The van der Waals surface area contributed by atoms with Crippen molar-refractivity contribution in [1.82, 2.24) is 15.0 Å². The van der Waals surface area contributed by atoms with Gasteiger partial charge in [0, 0.05) is 54.1 Å². The number of fused-ring (bicyclic) bond motifs is 1.